The van der Waals surface area contributed by atoms with Gasteiger partial charge >= 0.3 is 0 Å². The normalized spacial score (nSPS) is 31.8. The summed E-state index contributed by atoms with van der Waals surface area (Å²) in [4.78, 5) is 14.3. The van der Waals surface area contributed by atoms with E-state index in [2.05, 4.69) is 25.7 Å². The summed E-state index contributed by atoms with van der Waals surface area (Å²) >= 11 is 0. The van der Waals surface area contributed by atoms with Crippen molar-refractivity contribution in [3.63, 3.8) is 0 Å². The molecular formula is C14H25NO. The fraction of sp³-hybridized carbons (Fsp3) is 0.929. The first-order valence-corrected chi connectivity index (χ1v) is 6.79. The molecule has 2 fully saturated rings. The van der Waals surface area contributed by atoms with Gasteiger partial charge in [0.15, 0.2) is 0 Å². The molecule has 0 aromatic carbocycles. The number of nitrogens with zero attached hydrogens (tertiary/aromatic N) is 1. The highest BCUT2D eigenvalue weighted by Crippen LogP contribution is 2.35. The smallest absolute Gasteiger partial charge is 0.136 e. The van der Waals surface area contributed by atoms with Gasteiger partial charge in [-0.2, -0.15) is 0 Å². The Morgan fingerprint density at radius 3 is 2.31 bits per heavy atom. The molecule has 2 heterocycles. The molecule has 2 unspecified atom stereocenters. The van der Waals surface area contributed by atoms with Crippen LogP contribution in [-0.4, -0.2) is 29.3 Å². The molecule has 2 nitrogen and oxygen atoms in total. The molecule has 2 saturated heterocycles. The van der Waals surface area contributed by atoms with E-state index in [0.29, 0.717) is 23.3 Å². The summed E-state index contributed by atoms with van der Waals surface area (Å²) in [5.74, 6) is 0.500. The lowest BCUT2D eigenvalue weighted by Gasteiger charge is -2.48. The number of carbonyl (C=O) groups excluding carboxylic acids is 1. The van der Waals surface area contributed by atoms with Crippen LogP contribution >= 0.6 is 0 Å². The Bertz CT molecular complexity index is 256. The minimum atomic E-state index is 0.397. The number of carbonyl (C=O) groups is 1. The Kier molecular flexibility index (Phi) is 3.39. The first kappa shape index (κ1) is 12.1. The molecular weight excluding hydrogens is 198 g/mol. The zero-order chi connectivity index (χ0) is 11.8. The van der Waals surface area contributed by atoms with Crippen LogP contribution in [0.4, 0.5) is 0 Å². The van der Waals surface area contributed by atoms with E-state index in [-0.39, 0.29) is 0 Å². The van der Waals surface area contributed by atoms with Crippen molar-refractivity contribution in [3.8, 4) is 0 Å². The lowest BCUT2D eigenvalue weighted by atomic mass is 9.80. The van der Waals surface area contributed by atoms with Gasteiger partial charge in [0.2, 0.25) is 0 Å². The molecule has 2 aliphatic rings. The zero-order valence-electron chi connectivity index (χ0n) is 11.0. The quantitative estimate of drug-likeness (QED) is 0.733. The first-order chi connectivity index (χ1) is 7.52. The first-order valence-electron chi connectivity index (χ1n) is 6.79. The van der Waals surface area contributed by atoms with Crippen LogP contribution in [0.3, 0.4) is 0 Å². The molecule has 2 rings (SSSR count). The standard InChI is InChI=1S/C14H25NO/c1-4-14(2,3)10-15-11-6-5-7-12(15)9-13(16)8-11/h11-12H,4-10H2,1-3H3. The maximum Gasteiger partial charge on any atom is 0.136 e. The molecule has 2 aliphatic heterocycles. The lowest BCUT2D eigenvalue weighted by Crippen LogP contribution is -2.54. The van der Waals surface area contributed by atoms with Crippen molar-refractivity contribution in [1.82, 2.24) is 4.90 Å². The highest BCUT2D eigenvalue weighted by Gasteiger charge is 2.39. The largest absolute Gasteiger partial charge is 0.300 e. The number of Topliss-reactive ketones (excluding diaryl/α,β-unsaturated/α-hetero) is 1. The maximum atomic E-state index is 11.6. The summed E-state index contributed by atoms with van der Waals surface area (Å²) < 4.78 is 0. The number of hydrogen-bond donors (Lipinski definition) is 0. The Balaban J connectivity index is 2.06. The van der Waals surface area contributed by atoms with Gasteiger partial charge in [-0.15, -0.1) is 0 Å². The number of ketones is 1. The van der Waals surface area contributed by atoms with E-state index < -0.39 is 0 Å². The third-order valence-electron chi connectivity index (χ3n) is 4.51. The van der Waals surface area contributed by atoms with Crippen molar-refractivity contribution in [1.29, 1.82) is 0 Å². The Hall–Kier alpha value is -0.370. The summed E-state index contributed by atoms with van der Waals surface area (Å²) in [6.45, 7) is 8.13. The predicted octanol–water partition coefficient (Wildman–Crippen LogP) is 3.01. The van der Waals surface area contributed by atoms with Crippen LogP contribution < -0.4 is 0 Å². The van der Waals surface area contributed by atoms with Crippen molar-refractivity contribution in [2.75, 3.05) is 6.54 Å². The molecule has 0 amide bonds. The van der Waals surface area contributed by atoms with Gasteiger partial charge in [-0.05, 0) is 24.7 Å². The van der Waals surface area contributed by atoms with Gasteiger partial charge in [0, 0.05) is 31.5 Å². The molecule has 0 radical (unpaired) electrons. The molecule has 2 atom stereocenters. The van der Waals surface area contributed by atoms with E-state index in [1.165, 1.54) is 32.2 Å². The summed E-state index contributed by atoms with van der Waals surface area (Å²) in [5.41, 5.74) is 0.397. The van der Waals surface area contributed by atoms with Gasteiger partial charge < -0.3 is 0 Å². The van der Waals surface area contributed by atoms with Gasteiger partial charge in [0.25, 0.3) is 0 Å². The Morgan fingerprint density at radius 1 is 1.25 bits per heavy atom. The van der Waals surface area contributed by atoms with Gasteiger partial charge in [-0.1, -0.05) is 27.2 Å². The summed E-state index contributed by atoms with van der Waals surface area (Å²) in [6, 6.07) is 1.12. The minimum absolute atomic E-state index is 0.397. The molecule has 0 aliphatic carbocycles. The number of hydrogen-bond acceptors (Lipinski definition) is 2. The molecule has 0 aromatic rings. The highest BCUT2D eigenvalue weighted by atomic mass is 16.1. The average molecular weight is 223 g/mol. The van der Waals surface area contributed by atoms with E-state index in [1.54, 1.807) is 0 Å². The van der Waals surface area contributed by atoms with Crippen LogP contribution in [0.1, 0.15) is 59.3 Å². The average Bonchev–Trinajstić information content (AvgIpc) is 2.19. The second-order valence-corrected chi connectivity index (χ2v) is 6.38. The third kappa shape index (κ3) is 2.48. The van der Waals surface area contributed by atoms with E-state index in [9.17, 15) is 4.79 Å². The Morgan fingerprint density at radius 2 is 1.81 bits per heavy atom. The van der Waals surface area contributed by atoms with Crippen molar-refractivity contribution >= 4 is 5.78 Å². The highest BCUT2D eigenvalue weighted by molar-refractivity contribution is 5.80. The van der Waals surface area contributed by atoms with E-state index in [1.807, 2.05) is 0 Å². The van der Waals surface area contributed by atoms with Crippen LogP contribution in [0.15, 0.2) is 0 Å². The fourth-order valence-corrected chi connectivity index (χ4v) is 3.13. The van der Waals surface area contributed by atoms with Crippen LogP contribution in [0.5, 0.6) is 0 Å². The van der Waals surface area contributed by atoms with Crippen LogP contribution in [-0.2, 0) is 4.79 Å². The lowest BCUT2D eigenvalue weighted by molar-refractivity contribution is -0.128. The van der Waals surface area contributed by atoms with E-state index >= 15 is 0 Å². The fourth-order valence-electron chi connectivity index (χ4n) is 3.13. The van der Waals surface area contributed by atoms with Gasteiger partial charge in [-0.25, -0.2) is 0 Å². The maximum absolute atomic E-state index is 11.6. The topological polar surface area (TPSA) is 20.3 Å². The molecule has 2 bridgehead atoms. The summed E-state index contributed by atoms with van der Waals surface area (Å²) in [5, 5.41) is 0. The van der Waals surface area contributed by atoms with Gasteiger partial charge in [-0.3, -0.25) is 9.69 Å². The van der Waals surface area contributed by atoms with Gasteiger partial charge in [0.1, 0.15) is 5.78 Å². The van der Waals surface area contributed by atoms with Gasteiger partial charge in [0.05, 0.1) is 0 Å². The Labute approximate surface area is 99.4 Å². The second kappa shape index (κ2) is 4.48. The number of rotatable bonds is 3. The molecule has 2 heteroatoms. The van der Waals surface area contributed by atoms with Crippen LogP contribution in [0.25, 0.3) is 0 Å². The molecule has 92 valence electrons. The molecule has 0 saturated carbocycles. The molecule has 0 spiro atoms. The van der Waals surface area contributed by atoms with Crippen molar-refractivity contribution in [2.24, 2.45) is 5.41 Å². The summed E-state index contributed by atoms with van der Waals surface area (Å²) in [7, 11) is 0. The minimum Gasteiger partial charge on any atom is -0.300 e. The zero-order valence-corrected chi connectivity index (χ0v) is 11.0. The SMILES string of the molecule is CCC(C)(C)CN1C2CCCC1CC(=O)C2. The second-order valence-electron chi connectivity index (χ2n) is 6.38. The van der Waals surface area contributed by atoms with Crippen molar-refractivity contribution in [3.05, 3.63) is 0 Å². The number of piperidine rings is 2. The third-order valence-corrected chi connectivity index (χ3v) is 4.51. The number of fused-ring (bicyclic) bond motifs is 2. The molecule has 0 N–H and O–H groups in total. The molecule has 0 aromatic heterocycles. The van der Waals surface area contributed by atoms with Crippen molar-refractivity contribution < 1.29 is 4.79 Å². The molecule has 16 heavy (non-hydrogen) atoms. The van der Waals surface area contributed by atoms with Crippen LogP contribution in [0, 0.1) is 5.41 Å². The summed E-state index contributed by atoms with van der Waals surface area (Å²) in [6.07, 6.45) is 6.65. The van der Waals surface area contributed by atoms with Crippen molar-refractivity contribution in [2.45, 2.75) is 71.4 Å². The monoisotopic (exact) mass is 223 g/mol. The predicted molar refractivity (Wildman–Crippen MR) is 66.4 cm³/mol. The van der Waals surface area contributed by atoms with E-state index in [0.717, 1.165) is 12.8 Å². The van der Waals surface area contributed by atoms with E-state index in [4.69, 9.17) is 0 Å². The van der Waals surface area contributed by atoms with Crippen LogP contribution in [0.2, 0.25) is 0 Å².